The van der Waals surface area contributed by atoms with Gasteiger partial charge in [0, 0.05) is 10.9 Å². The molecule has 1 heterocycles. The van der Waals surface area contributed by atoms with E-state index in [1.807, 2.05) is 77.5 Å². The molecule has 0 unspecified atom stereocenters. The van der Waals surface area contributed by atoms with Crippen LogP contribution >= 0.6 is 11.6 Å². The zero-order valence-corrected chi connectivity index (χ0v) is 13.0. The van der Waals surface area contributed by atoms with E-state index in [2.05, 4.69) is 5.10 Å². The summed E-state index contributed by atoms with van der Waals surface area (Å²) in [5, 5.41) is 6.05. The van der Waals surface area contributed by atoms with Crippen LogP contribution in [0.15, 0.2) is 72.8 Å². The summed E-state index contributed by atoms with van der Waals surface area (Å²) in [5.41, 5.74) is 10.0. The Morgan fingerprint density at radius 2 is 1.52 bits per heavy atom. The number of nitrogens with zero attached hydrogens (tertiary/aromatic N) is 2. The quantitative estimate of drug-likeness (QED) is 0.569. The monoisotopic (exact) mass is 319 g/mol. The molecule has 23 heavy (non-hydrogen) atoms. The van der Waals surface area contributed by atoms with Crippen molar-refractivity contribution in [3.63, 3.8) is 0 Å². The van der Waals surface area contributed by atoms with Crippen LogP contribution in [-0.2, 0) is 0 Å². The molecule has 4 rings (SSSR count). The lowest BCUT2D eigenvalue weighted by molar-refractivity contribution is 0.917. The first-order valence-electron chi connectivity index (χ1n) is 7.32. The van der Waals surface area contributed by atoms with Gasteiger partial charge in [-0.1, -0.05) is 60.1 Å². The van der Waals surface area contributed by atoms with E-state index < -0.39 is 0 Å². The van der Waals surface area contributed by atoms with Crippen molar-refractivity contribution >= 4 is 28.3 Å². The normalized spacial score (nSPS) is 11.0. The summed E-state index contributed by atoms with van der Waals surface area (Å²) in [6.45, 7) is 0. The number of nitrogen functional groups attached to an aromatic ring is 1. The van der Waals surface area contributed by atoms with E-state index in [9.17, 15) is 0 Å². The molecule has 4 heteroatoms. The second kappa shape index (κ2) is 5.45. The van der Waals surface area contributed by atoms with Crippen molar-refractivity contribution in [2.24, 2.45) is 0 Å². The Morgan fingerprint density at radius 3 is 2.22 bits per heavy atom. The van der Waals surface area contributed by atoms with E-state index in [1.165, 1.54) is 0 Å². The molecule has 0 spiro atoms. The van der Waals surface area contributed by atoms with Crippen molar-refractivity contribution in [3.8, 4) is 16.8 Å². The first kappa shape index (κ1) is 13.9. The lowest BCUT2D eigenvalue weighted by Gasteiger charge is -2.07. The van der Waals surface area contributed by atoms with Crippen molar-refractivity contribution in [2.75, 3.05) is 5.73 Å². The highest BCUT2D eigenvalue weighted by molar-refractivity contribution is 6.34. The third kappa shape index (κ3) is 2.35. The van der Waals surface area contributed by atoms with Gasteiger partial charge < -0.3 is 5.73 Å². The van der Waals surface area contributed by atoms with Gasteiger partial charge in [-0.25, -0.2) is 4.68 Å². The molecule has 0 saturated carbocycles. The van der Waals surface area contributed by atoms with Crippen molar-refractivity contribution < 1.29 is 0 Å². The highest BCUT2D eigenvalue weighted by atomic mass is 35.5. The molecule has 0 bridgehead atoms. The van der Waals surface area contributed by atoms with Gasteiger partial charge in [0.2, 0.25) is 0 Å². The molecule has 112 valence electrons. The topological polar surface area (TPSA) is 43.8 Å². The largest absolute Gasteiger partial charge is 0.382 e. The molecule has 0 aliphatic heterocycles. The van der Waals surface area contributed by atoms with Crippen LogP contribution in [0, 0.1) is 0 Å². The number of anilines is 1. The Bertz CT molecular complexity index is 976. The maximum absolute atomic E-state index is 6.52. The van der Waals surface area contributed by atoms with Gasteiger partial charge in [0.15, 0.2) is 5.82 Å². The molecule has 0 saturated heterocycles. The number of hydrogen-bond donors (Lipinski definition) is 1. The molecule has 4 aromatic rings. The maximum Gasteiger partial charge on any atom is 0.153 e. The van der Waals surface area contributed by atoms with Gasteiger partial charge in [-0.15, -0.1) is 5.10 Å². The fourth-order valence-electron chi connectivity index (χ4n) is 2.76. The molecule has 0 fully saturated rings. The Hall–Kier alpha value is -2.78. The van der Waals surface area contributed by atoms with E-state index in [0.29, 0.717) is 10.8 Å². The molecule has 3 nitrogen and oxygen atoms in total. The van der Waals surface area contributed by atoms with Crippen LogP contribution in [0.3, 0.4) is 0 Å². The molecule has 0 aliphatic carbocycles. The molecule has 0 atom stereocenters. The smallest absolute Gasteiger partial charge is 0.153 e. The van der Waals surface area contributed by atoms with Crippen LogP contribution < -0.4 is 5.73 Å². The van der Waals surface area contributed by atoms with Gasteiger partial charge in [0.25, 0.3) is 0 Å². The summed E-state index contributed by atoms with van der Waals surface area (Å²) in [6.07, 6.45) is 0. The van der Waals surface area contributed by atoms with Gasteiger partial charge in [0.1, 0.15) is 0 Å². The number of hydrogen-bond acceptors (Lipinski definition) is 2. The van der Waals surface area contributed by atoms with Crippen LogP contribution in [0.1, 0.15) is 0 Å². The molecule has 0 radical (unpaired) electrons. The number of benzene rings is 3. The van der Waals surface area contributed by atoms with E-state index in [0.717, 1.165) is 27.7 Å². The third-order valence-electron chi connectivity index (χ3n) is 3.88. The van der Waals surface area contributed by atoms with Gasteiger partial charge >= 0.3 is 0 Å². The van der Waals surface area contributed by atoms with Crippen LogP contribution in [0.2, 0.25) is 5.02 Å². The molecule has 1 aromatic heterocycles. The van der Waals surface area contributed by atoms with Gasteiger partial charge in [-0.2, -0.15) is 0 Å². The van der Waals surface area contributed by atoms with Crippen molar-refractivity contribution in [2.45, 2.75) is 0 Å². The predicted octanol–water partition coefficient (Wildman–Crippen LogP) is 4.93. The second-order valence-electron chi connectivity index (χ2n) is 5.35. The number of aromatic nitrogens is 2. The number of halogens is 1. The third-order valence-corrected chi connectivity index (χ3v) is 4.20. The molecule has 0 amide bonds. The lowest BCUT2D eigenvalue weighted by Crippen LogP contribution is -1.96. The summed E-state index contributed by atoms with van der Waals surface area (Å²) in [7, 11) is 0. The lowest BCUT2D eigenvalue weighted by atomic mass is 10.0. The SMILES string of the molecule is Nc1nn(-c2ccccc2)c2cc(Cl)c(-c3ccccc3)cc12. The fraction of sp³-hybridized carbons (Fsp3) is 0. The Morgan fingerprint density at radius 1 is 0.870 bits per heavy atom. The highest BCUT2D eigenvalue weighted by Crippen LogP contribution is 2.35. The zero-order valence-electron chi connectivity index (χ0n) is 12.3. The fourth-order valence-corrected chi connectivity index (χ4v) is 3.03. The van der Waals surface area contributed by atoms with Crippen LogP contribution in [0.25, 0.3) is 27.7 Å². The summed E-state index contributed by atoms with van der Waals surface area (Å²) >= 11 is 6.52. The molecule has 2 N–H and O–H groups in total. The van der Waals surface area contributed by atoms with Crippen molar-refractivity contribution in [1.82, 2.24) is 9.78 Å². The standard InChI is InChI=1S/C19H14ClN3/c20-17-12-18-16(11-15(17)13-7-3-1-4-8-13)19(21)22-23(18)14-9-5-2-6-10-14/h1-12H,(H2,21,22). The average Bonchev–Trinajstić information content (AvgIpc) is 2.92. The number of nitrogens with two attached hydrogens (primary N) is 1. The summed E-state index contributed by atoms with van der Waals surface area (Å²) < 4.78 is 1.82. The van der Waals surface area contributed by atoms with Gasteiger partial charge in [-0.3, -0.25) is 0 Å². The average molecular weight is 320 g/mol. The minimum absolute atomic E-state index is 0.498. The first-order chi connectivity index (χ1) is 11.2. The molecule has 3 aromatic carbocycles. The van der Waals surface area contributed by atoms with Gasteiger partial charge in [-0.05, 0) is 29.8 Å². The van der Waals surface area contributed by atoms with E-state index in [1.54, 1.807) is 0 Å². The number of para-hydroxylation sites is 1. The predicted molar refractivity (Wildman–Crippen MR) is 95.9 cm³/mol. The molecular formula is C19H14ClN3. The van der Waals surface area contributed by atoms with Crippen LogP contribution in [0.5, 0.6) is 0 Å². The highest BCUT2D eigenvalue weighted by Gasteiger charge is 2.14. The second-order valence-corrected chi connectivity index (χ2v) is 5.76. The maximum atomic E-state index is 6.52. The minimum atomic E-state index is 0.498. The van der Waals surface area contributed by atoms with Gasteiger partial charge in [0.05, 0.1) is 16.2 Å². The van der Waals surface area contributed by atoms with Crippen molar-refractivity contribution in [1.29, 1.82) is 0 Å². The van der Waals surface area contributed by atoms with E-state index in [4.69, 9.17) is 17.3 Å². The number of fused-ring (bicyclic) bond motifs is 1. The Balaban J connectivity index is 1.97. The van der Waals surface area contributed by atoms with E-state index in [-0.39, 0.29) is 0 Å². The molecular weight excluding hydrogens is 306 g/mol. The Labute approximate surface area is 138 Å². The van der Waals surface area contributed by atoms with E-state index >= 15 is 0 Å². The summed E-state index contributed by atoms with van der Waals surface area (Å²) in [4.78, 5) is 0. The summed E-state index contributed by atoms with van der Waals surface area (Å²) in [6, 6.07) is 23.9. The minimum Gasteiger partial charge on any atom is -0.382 e. The van der Waals surface area contributed by atoms with Crippen LogP contribution in [0.4, 0.5) is 5.82 Å². The van der Waals surface area contributed by atoms with Crippen LogP contribution in [-0.4, -0.2) is 9.78 Å². The molecule has 0 aliphatic rings. The van der Waals surface area contributed by atoms with Crippen molar-refractivity contribution in [3.05, 3.63) is 77.8 Å². The zero-order chi connectivity index (χ0) is 15.8. The first-order valence-corrected chi connectivity index (χ1v) is 7.70. The Kier molecular flexibility index (Phi) is 3.28. The summed E-state index contributed by atoms with van der Waals surface area (Å²) in [5.74, 6) is 0.498. The number of rotatable bonds is 2.